The molecule has 0 aliphatic heterocycles. The second kappa shape index (κ2) is 22.5. The molecule has 1 aromatic heterocycles. The molecule has 0 saturated heterocycles. The van der Waals surface area contributed by atoms with Crippen LogP contribution in [0.1, 0.15) is 15.9 Å². The number of aromatic nitrogens is 1. The maximum absolute atomic E-state index is 12.8. The van der Waals surface area contributed by atoms with Gasteiger partial charge in [-0.25, -0.2) is 37.4 Å². The minimum absolute atomic E-state index is 0.0184. The SMILES string of the molecule is COc1cc(SOOCC[n+]2cccc(C(=O)O)c2)c(C)cc1N=Nc1c(SOOO)cc2c(N=Nc3ccc(S(=O)(=O)CCOS(=O)(=O)O)cc3SOOO)c(N)ccc2c1O. The number of nitrogens with two attached hydrogens (primary N) is 1. The Kier molecular flexibility index (Phi) is 17.5. The van der Waals surface area contributed by atoms with Crippen LogP contribution in [0.5, 0.6) is 11.5 Å². The van der Waals surface area contributed by atoms with Gasteiger partial charge in [-0.05, 0) is 67.1 Å². The molecule has 336 valence electrons. The molecule has 7 N–H and O–H groups in total. The number of carboxylic acids is 1. The normalized spacial score (nSPS) is 12.2. The average molecular weight is 974 g/mol. The van der Waals surface area contributed by atoms with Crippen LogP contribution in [-0.2, 0) is 58.9 Å². The lowest BCUT2D eigenvalue weighted by Crippen LogP contribution is -2.36. The fourth-order valence-electron chi connectivity index (χ4n) is 5.22. The van der Waals surface area contributed by atoms with Crippen molar-refractivity contribution >= 4 is 102 Å². The van der Waals surface area contributed by atoms with Gasteiger partial charge in [0.15, 0.2) is 34.5 Å². The number of anilines is 1. The first-order valence-electron chi connectivity index (χ1n) is 17.1. The summed E-state index contributed by atoms with van der Waals surface area (Å²) in [5.41, 5.74) is 7.13. The predicted octanol–water partition coefficient (Wildman–Crippen LogP) is 7.37. The zero-order valence-electron chi connectivity index (χ0n) is 32.2. The van der Waals surface area contributed by atoms with E-state index >= 15 is 0 Å². The van der Waals surface area contributed by atoms with Crippen LogP contribution in [0.2, 0.25) is 0 Å². The zero-order chi connectivity index (χ0) is 45.7. The van der Waals surface area contributed by atoms with E-state index in [-0.39, 0.29) is 71.8 Å². The Bertz CT molecular complexity index is 2750. The van der Waals surface area contributed by atoms with Crippen LogP contribution in [0.25, 0.3) is 10.8 Å². The van der Waals surface area contributed by atoms with E-state index in [2.05, 4.69) is 43.4 Å². The van der Waals surface area contributed by atoms with Crippen molar-refractivity contribution in [2.24, 2.45) is 20.5 Å². The van der Waals surface area contributed by atoms with Gasteiger partial charge in [-0.15, -0.1) is 29.1 Å². The van der Waals surface area contributed by atoms with E-state index in [0.29, 0.717) is 41.1 Å². The average Bonchev–Trinajstić information content (AvgIpc) is 3.24. The highest BCUT2D eigenvalue weighted by Crippen LogP contribution is 2.48. The standard InChI is InChI=1S/C34H32N6O18S5/c1-19-14-26(27(51-2)17-28(19)59-56-52-11-10-40-9-3-4-20(18-40)34(42)43)37-39-32-30(61-58-55-45)16-23-22(33(32)41)6-7-24(35)31(23)38-36-25-8-5-21(15-29(25)60-57-54-44)62(46,47)13-12-53-63(48,49)50/h3-9,14-18H,10-13H2,1-2H3,(H6-,35,36,37,41,42,43,44,45,48,49,50)/p+1. The van der Waals surface area contributed by atoms with E-state index in [1.807, 2.05) is 0 Å². The molecule has 0 saturated carbocycles. The van der Waals surface area contributed by atoms with Crippen LogP contribution < -0.4 is 15.0 Å². The summed E-state index contributed by atoms with van der Waals surface area (Å²) in [6.45, 7) is 1.29. The highest BCUT2D eigenvalue weighted by Gasteiger charge is 2.22. The summed E-state index contributed by atoms with van der Waals surface area (Å²) in [6, 6.07) is 14.0. The van der Waals surface area contributed by atoms with Crippen molar-refractivity contribution in [1.82, 2.24) is 0 Å². The van der Waals surface area contributed by atoms with E-state index in [9.17, 15) is 31.8 Å². The lowest BCUT2D eigenvalue weighted by molar-refractivity contribution is -0.700. The van der Waals surface area contributed by atoms with Crippen LogP contribution in [0, 0.1) is 6.92 Å². The Labute approximate surface area is 369 Å². The van der Waals surface area contributed by atoms with Crippen LogP contribution in [-0.4, -0.2) is 74.2 Å². The number of aromatic hydroxyl groups is 1. The molecule has 0 aliphatic carbocycles. The first-order chi connectivity index (χ1) is 30.0. The number of nitrogens with zero attached hydrogens (tertiary/aromatic N) is 5. The Morgan fingerprint density at radius 3 is 2.21 bits per heavy atom. The van der Waals surface area contributed by atoms with Crippen molar-refractivity contribution in [2.75, 3.05) is 31.8 Å². The van der Waals surface area contributed by atoms with Crippen molar-refractivity contribution in [1.29, 1.82) is 0 Å². The van der Waals surface area contributed by atoms with E-state index in [0.717, 1.165) is 24.2 Å². The van der Waals surface area contributed by atoms with Crippen molar-refractivity contribution in [3.05, 3.63) is 84.2 Å². The second-order valence-electron chi connectivity index (χ2n) is 12.1. The van der Waals surface area contributed by atoms with Gasteiger partial charge in [0, 0.05) is 21.7 Å². The smallest absolute Gasteiger partial charge is 0.397 e. The number of carboxylic acid groups (broad SMARTS) is 1. The number of aryl methyl sites for hydroxylation is 1. The molecule has 0 atom stereocenters. The maximum atomic E-state index is 12.8. The minimum Gasteiger partial charge on any atom is -0.505 e. The van der Waals surface area contributed by atoms with Crippen LogP contribution in [0.3, 0.4) is 0 Å². The number of methoxy groups -OCH3 is 1. The van der Waals surface area contributed by atoms with Gasteiger partial charge in [0.25, 0.3) is 0 Å². The highest BCUT2D eigenvalue weighted by atomic mass is 32.3. The van der Waals surface area contributed by atoms with Gasteiger partial charge in [-0.1, -0.05) is 10.1 Å². The fourth-order valence-corrected chi connectivity index (χ4v) is 8.30. The predicted molar refractivity (Wildman–Crippen MR) is 220 cm³/mol. The molecule has 0 unspecified atom stereocenters. The number of fused-ring (bicyclic) bond motifs is 1. The summed E-state index contributed by atoms with van der Waals surface area (Å²) in [7, 11) is -7.70. The Morgan fingerprint density at radius 1 is 0.810 bits per heavy atom. The van der Waals surface area contributed by atoms with Gasteiger partial charge in [0.2, 0.25) is 0 Å². The molecular weight excluding hydrogens is 941 g/mol. The number of pyridine rings is 1. The highest BCUT2D eigenvalue weighted by molar-refractivity contribution is 7.95. The van der Waals surface area contributed by atoms with Crippen LogP contribution >= 0.6 is 36.1 Å². The van der Waals surface area contributed by atoms with Gasteiger partial charge >= 0.3 is 16.4 Å². The summed E-state index contributed by atoms with van der Waals surface area (Å²) < 4.78 is 81.8. The molecule has 0 bridgehead atoms. The quantitative estimate of drug-likeness (QED) is 0.00543. The third-order valence-electron chi connectivity index (χ3n) is 8.12. The zero-order valence-corrected chi connectivity index (χ0v) is 36.2. The lowest BCUT2D eigenvalue weighted by Gasteiger charge is -2.12. The van der Waals surface area contributed by atoms with Gasteiger partial charge in [0.1, 0.15) is 40.7 Å². The number of benzene rings is 4. The van der Waals surface area contributed by atoms with Gasteiger partial charge in [-0.2, -0.15) is 12.8 Å². The van der Waals surface area contributed by atoms with Crippen molar-refractivity contribution < 1.29 is 88.4 Å². The number of ether oxygens (including phenoxy) is 1. The Balaban J connectivity index is 1.41. The minimum atomic E-state index is -4.90. The number of hydrogen-bond donors (Lipinski definition) is 6. The molecule has 5 rings (SSSR count). The van der Waals surface area contributed by atoms with E-state index in [1.165, 1.54) is 43.6 Å². The first kappa shape index (κ1) is 48.9. The number of phenols is 1. The van der Waals surface area contributed by atoms with Crippen LogP contribution in [0.15, 0.2) is 113 Å². The number of hydrogen-bond acceptors (Lipinski definition) is 24. The van der Waals surface area contributed by atoms with Gasteiger partial charge in [0.05, 0.1) is 76.0 Å². The largest absolute Gasteiger partial charge is 0.505 e. The molecule has 4 aromatic carbocycles. The number of carbonyl (C=O) groups is 1. The summed E-state index contributed by atoms with van der Waals surface area (Å²) in [5, 5.41) is 63.1. The van der Waals surface area contributed by atoms with E-state index in [1.54, 1.807) is 35.9 Å². The van der Waals surface area contributed by atoms with Crippen LogP contribution in [0.4, 0.5) is 28.4 Å². The van der Waals surface area contributed by atoms with Crippen molar-refractivity contribution in [3.8, 4) is 11.5 Å². The molecule has 0 spiro atoms. The number of aromatic carboxylic acids is 1. The monoisotopic (exact) mass is 973 g/mol. The van der Waals surface area contributed by atoms with Crippen molar-refractivity contribution in [3.63, 3.8) is 0 Å². The van der Waals surface area contributed by atoms with Gasteiger partial charge < -0.3 is 20.7 Å². The molecule has 29 heteroatoms. The lowest BCUT2D eigenvalue weighted by atomic mass is 10.1. The Hall–Kier alpha value is -5.09. The molecule has 1 heterocycles. The molecule has 5 aromatic rings. The maximum Gasteiger partial charge on any atom is 0.397 e. The number of rotatable bonds is 23. The summed E-state index contributed by atoms with van der Waals surface area (Å²) in [6.07, 6.45) is 3.15. The second-order valence-corrected chi connectivity index (χ2v) is 17.5. The molecule has 0 aliphatic rings. The number of sulfone groups is 1. The topological polar surface area (TPSA) is 340 Å². The summed E-state index contributed by atoms with van der Waals surface area (Å²) in [5.74, 6) is -2.10. The van der Waals surface area contributed by atoms with E-state index < -0.39 is 44.3 Å². The molecule has 63 heavy (non-hydrogen) atoms. The summed E-state index contributed by atoms with van der Waals surface area (Å²) in [4.78, 5) is 16.7. The first-order valence-corrected chi connectivity index (χ1v) is 22.4. The number of azo groups is 2. The Morgan fingerprint density at radius 2 is 1.51 bits per heavy atom. The molecular formula is C34H33N6O18S5+. The fraction of sp³-hybridized carbons (Fsp3) is 0.176. The number of nitrogen functional groups attached to an aromatic ring is 1. The number of phenolic OH excluding ortho intramolecular Hbond substituents is 1. The van der Waals surface area contributed by atoms with Crippen molar-refractivity contribution in [2.45, 2.75) is 33.1 Å². The third kappa shape index (κ3) is 13.5. The summed E-state index contributed by atoms with van der Waals surface area (Å²) >= 11 is 1.66. The van der Waals surface area contributed by atoms with E-state index in [4.69, 9.17) is 34.8 Å². The molecule has 0 radical (unpaired) electrons. The molecule has 24 nitrogen and oxygen atoms in total. The molecule has 0 amide bonds. The third-order valence-corrected chi connectivity index (χ3v) is 12.3. The van der Waals surface area contributed by atoms with Gasteiger partial charge in [-0.3, -0.25) is 4.55 Å². The molecule has 0 fully saturated rings.